The normalized spacial score (nSPS) is 27.4. The highest BCUT2D eigenvalue weighted by Crippen LogP contribution is 2.29. The zero-order valence-electron chi connectivity index (χ0n) is 9.88. The van der Waals surface area contributed by atoms with Crippen molar-refractivity contribution in [3.8, 4) is 0 Å². The molecular formula is C12H25NS. The van der Waals surface area contributed by atoms with Gasteiger partial charge in [0, 0.05) is 11.3 Å². The summed E-state index contributed by atoms with van der Waals surface area (Å²) >= 11 is 2.14. The summed E-state index contributed by atoms with van der Waals surface area (Å²) in [6.07, 6.45) is 5.55. The fraction of sp³-hybridized carbons (Fsp3) is 1.00. The molecule has 1 fully saturated rings. The Bertz CT molecular complexity index is 147. The van der Waals surface area contributed by atoms with Crippen molar-refractivity contribution in [3.05, 3.63) is 0 Å². The second-order valence-electron chi connectivity index (χ2n) is 4.72. The molecule has 0 aliphatic heterocycles. The molecule has 1 saturated carbocycles. The predicted molar refractivity (Wildman–Crippen MR) is 67.0 cm³/mol. The number of nitrogens with one attached hydrogen (secondary N) is 1. The predicted octanol–water partition coefficient (Wildman–Crippen LogP) is 3.30. The van der Waals surface area contributed by atoms with E-state index < -0.39 is 0 Å². The Morgan fingerprint density at radius 3 is 2.79 bits per heavy atom. The highest BCUT2D eigenvalue weighted by atomic mass is 32.2. The molecule has 84 valence electrons. The molecule has 1 nitrogen and oxygen atoms in total. The lowest BCUT2D eigenvalue weighted by atomic mass is 10.1. The maximum atomic E-state index is 3.69. The smallest absolute Gasteiger partial charge is 0.00780 e. The first-order valence-corrected chi connectivity index (χ1v) is 7.12. The van der Waals surface area contributed by atoms with E-state index in [1.165, 1.54) is 38.0 Å². The van der Waals surface area contributed by atoms with E-state index in [0.717, 1.165) is 17.2 Å². The van der Waals surface area contributed by atoms with E-state index in [1.807, 2.05) is 0 Å². The van der Waals surface area contributed by atoms with Crippen molar-refractivity contribution in [2.24, 2.45) is 5.92 Å². The van der Waals surface area contributed by atoms with Gasteiger partial charge in [0.25, 0.3) is 0 Å². The minimum Gasteiger partial charge on any atom is -0.314 e. The zero-order valence-corrected chi connectivity index (χ0v) is 10.7. The topological polar surface area (TPSA) is 12.0 Å². The van der Waals surface area contributed by atoms with Crippen LogP contribution < -0.4 is 5.32 Å². The van der Waals surface area contributed by atoms with Gasteiger partial charge in [-0.05, 0) is 43.9 Å². The van der Waals surface area contributed by atoms with Gasteiger partial charge in [0.15, 0.2) is 0 Å². The standard InChI is InChI=1S/C12H25NS/c1-4-14-12-6-5-11(9-12)13-8-7-10(2)3/h10-13H,4-9H2,1-3H3. The average molecular weight is 215 g/mol. The first kappa shape index (κ1) is 12.4. The van der Waals surface area contributed by atoms with Gasteiger partial charge in [-0.2, -0.15) is 11.8 Å². The van der Waals surface area contributed by atoms with Gasteiger partial charge >= 0.3 is 0 Å². The van der Waals surface area contributed by atoms with Gasteiger partial charge in [-0.25, -0.2) is 0 Å². The van der Waals surface area contributed by atoms with Gasteiger partial charge in [0.2, 0.25) is 0 Å². The van der Waals surface area contributed by atoms with Crippen LogP contribution in [0.3, 0.4) is 0 Å². The summed E-state index contributed by atoms with van der Waals surface area (Å²) in [4.78, 5) is 0. The van der Waals surface area contributed by atoms with E-state index >= 15 is 0 Å². The van der Waals surface area contributed by atoms with Gasteiger partial charge in [-0.3, -0.25) is 0 Å². The second-order valence-corrected chi connectivity index (χ2v) is 6.30. The maximum absolute atomic E-state index is 3.69. The molecule has 0 radical (unpaired) electrons. The monoisotopic (exact) mass is 215 g/mol. The molecule has 1 rings (SSSR count). The van der Waals surface area contributed by atoms with Crippen LogP contribution in [0.4, 0.5) is 0 Å². The lowest BCUT2D eigenvalue weighted by molar-refractivity contribution is 0.474. The minimum absolute atomic E-state index is 0.817. The van der Waals surface area contributed by atoms with Crippen LogP contribution >= 0.6 is 11.8 Å². The molecule has 1 aliphatic carbocycles. The molecular weight excluding hydrogens is 190 g/mol. The van der Waals surface area contributed by atoms with Gasteiger partial charge in [-0.1, -0.05) is 20.8 Å². The Hall–Kier alpha value is 0.310. The van der Waals surface area contributed by atoms with E-state index in [0.29, 0.717) is 0 Å². The molecule has 2 atom stereocenters. The van der Waals surface area contributed by atoms with Crippen LogP contribution in [0.2, 0.25) is 0 Å². The van der Waals surface area contributed by atoms with Crippen LogP contribution in [0.25, 0.3) is 0 Å². The van der Waals surface area contributed by atoms with Crippen LogP contribution in [-0.2, 0) is 0 Å². The van der Waals surface area contributed by atoms with Gasteiger partial charge in [-0.15, -0.1) is 0 Å². The second kappa shape index (κ2) is 6.73. The first-order valence-electron chi connectivity index (χ1n) is 6.07. The third-order valence-corrected chi connectivity index (χ3v) is 4.17. The van der Waals surface area contributed by atoms with Crippen molar-refractivity contribution in [1.82, 2.24) is 5.32 Å². The SMILES string of the molecule is CCSC1CCC(NCCC(C)C)C1. The van der Waals surface area contributed by atoms with Crippen molar-refractivity contribution >= 4 is 11.8 Å². The largest absolute Gasteiger partial charge is 0.314 e. The van der Waals surface area contributed by atoms with Crippen LogP contribution in [0.15, 0.2) is 0 Å². The molecule has 0 saturated heterocycles. The van der Waals surface area contributed by atoms with Gasteiger partial charge in [0.05, 0.1) is 0 Å². The molecule has 0 aromatic rings. The Kier molecular flexibility index (Phi) is 5.95. The van der Waals surface area contributed by atoms with Crippen molar-refractivity contribution in [1.29, 1.82) is 0 Å². The highest BCUT2D eigenvalue weighted by molar-refractivity contribution is 7.99. The number of rotatable bonds is 6. The number of hydrogen-bond acceptors (Lipinski definition) is 2. The maximum Gasteiger partial charge on any atom is 0.00780 e. The van der Waals surface area contributed by atoms with Crippen LogP contribution in [0.1, 0.15) is 46.5 Å². The lowest BCUT2D eigenvalue weighted by Crippen LogP contribution is -2.28. The molecule has 1 aliphatic rings. The fourth-order valence-corrected chi connectivity index (χ4v) is 3.23. The third kappa shape index (κ3) is 4.70. The molecule has 0 heterocycles. The van der Waals surface area contributed by atoms with Gasteiger partial charge < -0.3 is 5.32 Å². The van der Waals surface area contributed by atoms with Crippen molar-refractivity contribution in [3.63, 3.8) is 0 Å². The summed E-state index contributed by atoms with van der Waals surface area (Å²) in [6, 6.07) is 0.817. The molecule has 14 heavy (non-hydrogen) atoms. The Labute approximate surface area is 93.4 Å². The molecule has 0 amide bonds. The highest BCUT2D eigenvalue weighted by Gasteiger charge is 2.23. The van der Waals surface area contributed by atoms with Crippen LogP contribution in [0, 0.1) is 5.92 Å². The van der Waals surface area contributed by atoms with E-state index in [9.17, 15) is 0 Å². The molecule has 0 bridgehead atoms. The average Bonchev–Trinajstić information content (AvgIpc) is 2.53. The van der Waals surface area contributed by atoms with Crippen LogP contribution in [0.5, 0.6) is 0 Å². The fourth-order valence-electron chi connectivity index (χ4n) is 2.09. The number of hydrogen-bond donors (Lipinski definition) is 1. The summed E-state index contributed by atoms with van der Waals surface area (Å²) in [6.45, 7) is 8.08. The molecule has 0 spiro atoms. The van der Waals surface area contributed by atoms with Crippen LogP contribution in [-0.4, -0.2) is 23.6 Å². The molecule has 1 N–H and O–H groups in total. The quantitative estimate of drug-likeness (QED) is 0.729. The molecule has 2 unspecified atom stereocenters. The lowest BCUT2D eigenvalue weighted by Gasteiger charge is -2.13. The molecule has 0 aromatic carbocycles. The summed E-state index contributed by atoms with van der Waals surface area (Å²) in [5.41, 5.74) is 0. The van der Waals surface area contributed by atoms with Crippen molar-refractivity contribution in [2.75, 3.05) is 12.3 Å². The van der Waals surface area contributed by atoms with Gasteiger partial charge in [0.1, 0.15) is 0 Å². The summed E-state index contributed by atoms with van der Waals surface area (Å²) < 4.78 is 0. The third-order valence-electron chi connectivity index (χ3n) is 2.94. The van der Waals surface area contributed by atoms with Crippen molar-refractivity contribution < 1.29 is 0 Å². The molecule has 2 heteroatoms. The van der Waals surface area contributed by atoms with E-state index in [1.54, 1.807) is 0 Å². The Morgan fingerprint density at radius 2 is 2.14 bits per heavy atom. The van der Waals surface area contributed by atoms with E-state index in [-0.39, 0.29) is 0 Å². The summed E-state index contributed by atoms with van der Waals surface area (Å²) in [5.74, 6) is 2.12. The Morgan fingerprint density at radius 1 is 1.36 bits per heavy atom. The Balaban J connectivity index is 2.04. The van der Waals surface area contributed by atoms with E-state index in [4.69, 9.17) is 0 Å². The minimum atomic E-state index is 0.817. The number of thioether (sulfide) groups is 1. The van der Waals surface area contributed by atoms with Crippen molar-refractivity contribution in [2.45, 2.75) is 57.7 Å². The molecule has 0 aromatic heterocycles. The zero-order chi connectivity index (χ0) is 10.4. The summed E-state index contributed by atoms with van der Waals surface area (Å²) in [7, 11) is 0. The summed E-state index contributed by atoms with van der Waals surface area (Å²) in [5, 5.41) is 4.63. The first-order chi connectivity index (χ1) is 6.72. The van der Waals surface area contributed by atoms with E-state index in [2.05, 4.69) is 37.8 Å².